The molecule has 0 bridgehead atoms. The minimum Gasteiger partial charge on any atom is -0.507 e. The Bertz CT molecular complexity index is 1230. The molecule has 0 heterocycles. The standard InChI is InChI=1S/C32H41N3O3/c1-8-28(36)34-24-14-10-22(11-15-24)33-23-12-16-25(17-13-23)35-29(37)18-9-21-19-26(31(2,3)4)30(38)27(20-21)32(5,6)7/h10-17,19-20,33,38H,8-9,18H2,1-7H3,(H,34,36)(H,35,37). The quantitative estimate of drug-likeness (QED) is 0.248. The number of hydrogen-bond acceptors (Lipinski definition) is 4. The molecular weight excluding hydrogens is 474 g/mol. The Balaban J connectivity index is 1.60. The number of aromatic hydroxyl groups is 1. The third-order valence-electron chi connectivity index (χ3n) is 6.37. The van der Waals surface area contributed by atoms with Crippen molar-refractivity contribution in [2.45, 2.75) is 78.6 Å². The Kier molecular flexibility index (Phi) is 8.87. The van der Waals surface area contributed by atoms with E-state index < -0.39 is 0 Å². The molecule has 202 valence electrons. The molecule has 6 nitrogen and oxygen atoms in total. The summed E-state index contributed by atoms with van der Waals surface area (Å²) >= 11 is 0. The predicted octanol–water partition coefficient (Wildman–Crippen LogP) is 7.65. The van der Waals surface area contributed by atoms with Crippen molar-refractivity contribution in [3.63, 3.8) is 0 Å². The maximum absolute atomic E-state index is 12.7. The summed E-state index contributed by atoms with van der Waals surface area (Å²) in [5.41, 5.74) is 5.74. The summed E-state index contributed by atoms with van der Waals surface area (Å²) in [6, 6.07) is 19.1. The number of anilines is 4. The SMILES string of the molecule is CCC(=O)Nc1ccc(Nc2ccc(NC(=O)CCc3cc(C(C)(C)C)c(O)c(C(C)(C)C)c3)cc2)cc1. The van der Waals surface area contributed by atoms with E-state index in [-0.39, 0.29) is 22.6 Å². The Morgan fingerprint density at radius 2 is 1.08 bits per heavy atom. The number of carbonyl (C=O) groups is 2. The molecule has 0 atom stereocenters. The normalized spacial score (nSPS) is 11.7. The smallest absolute Gasteiger partial charge is 0.224 e. The zero-order chi connectivity index (χ0) is 28.1. The van der Waals surface area contributed by atoms with Crippen molar-refractivity contribution in [3.8, 4) is 5.75 Å². The summed E-state index contributed by atoms with van der Waals surface area (Å²) < 4.78 is 0. The van der Waals surface area contributed by atoms with Gasteiger partial charge in [-0.1, -0.05) is 60.6 Å². The molecule has 0 aliphatic carbocycles. The van der Waals surface area contributed by atoms with Crippen molar-refractivity contribution in [3.05, 3.63) is 77.4 Å². The molecule has 2 amide bonds. The van der Waals surface area contributed by atoms with Crippen LogP contribution in [0.1, 0.15) is 78.0 Å². The lowest BCUT2D eigenvalue weighted by atomic mass is 9.78. The van der Waals surface area contributed by atoms with Gasteiger partial charge in [0.2, 0.25) is 11.8 Å². The number of carbonyl (C=O) groups excluding carboxylic acids is 2. The van der Waals surface area contributed by atoms with E-state index in [2.05, 4.69) is 57.5 Å². The molecule has 0 saturated carbocycles. The van der Waals surface area contributed by atoms with Crippen molar-refractivity contribution in [1.82, 2.24) is 0 Å². The number of amides is 2. The van der Waals surface area contributed by atoms with Crippen LogP contribution in [0.2, 0.25) is 0 Å². The lowest BCUT2D eigenvalue weighted by molar-refractivity contribution is -0.116. The largest absolute Gasteiger partial charge is 0.507 e. The molecule has 4 N–H and O–H groups in total. The van der Waals surface area contributed by atoms with Crippen LogP contribution in [0, 0.1) is 0 Å². The molecule has 0 aliphatic rings. The molecule has 0 saturated heterocycles. The maximum atomic E-state index is 12.7. The van der Waals surface area contributed by atoms with Crippen LogP contribution in [0.3, 0.4) is 0 Å². The summed E-state index contributed by atoms with van der Waals surface area (Å²) in [4.78, 5) is 24.2. The highest BCUT2D eigenvalue weighted by molar-refractivity contribution is 5.91. The molecule has 0 spiro atoms. The van der Waals surface area contributed by atoms with Crippen LogP contribution in [-0.4, -0.2) is 16.9 Å². The molecule has 6 heteroatoms. The van der Waals surface area contributed by atoms with E-state index in [9.17, 15) is 14.7 Å². The number of aryl methyl sites for hydroxylation is 1. The van der Waals surface area contributed by atoms with Gasteiger partial charge in [0.15, 0.2) is 0 Å². The Morgan fingerprint density at radius 3 is 1.47 bits per heavy atom. The maximum Gasteiger partial charge on any atom is 0.224 e. The van der Waals surface area contributed by atoms with Gasteiger partial charge in [0.25, 0.3) is 0 Å². The Labute approximate surface area is 226 Å². The average molecular weight is 516 g/mol. The van der Waals surface area contributed by atoms with Crippen molar-refractivity contribution in [2.75, 3.05) is 16.0 Å². The lowest BCUT2D eigenvalue weighted by Gasteiger charge is -2.28. The van der Waals surface area contributed by atoms with E-state index in [4.69, 9.17) is 0 Å². The molecule has 0 radical (unpaired) electrons. The highest BCUT2D eigenvalue weighted by Crippen LogP contribution is 2.40. The number of phenols is 1. The molecule has 3 aromatic carbocycles. The number of hydrogen-bond donors (Lipinski definition) is 4. The summed E-state index contributed by atoms with van der Waals surface area (Å²) in [7, 11) is 0. The zero-order valence-corrected chi connectivity index (χ0v) is 23.7. The molecule has 0 unspecified atom stereocenters. The van der Waals surface area contributed by atoms with Crippen LogP contribution in [-0.2, 0) is 26.8 Å². The van der Waals surface area contributed by atoms with Crippen molar-refractivity contribution in [2.24, 2.45) is 0 Å². The topological polar surface area (TPSA) is 90.5 Å². The van der Waals surface area contributed by atoms with E-state index in [0.29, 0.717) is 25.0 Å². The van der Waals surface area contributed by atoms with Crippen LogP contribution in [0.25, 0.3) is 0 Å². The zero-order valence-electron chi connectivity index (χ0n) is 23.7. The van der Waals surface area contributed by atoms with Gasteiger partial charge in [-0.05, 0) is 82.5 Å². The molecule has 3 rings (SSSR count). The summed E-state index contributed by atoms with van der Waals surface area (Å²) in [6.07, 6.45) is 1.38. The second-order valence-corrected chi connectivity index (χ2v) is 11.8. The summed E-state index contributed by atoms with van der Waals surface area (Å²) in [5.74, 6) is 0.278. The van der Waals surface area contributed by atoms with Crippen molar-refractivity contribution in [1.29, 1.82) is 0 Å². The number of nitrogens with one attached hydrogen (secondary N) is 3. The van der Waals surface area contributed by atoms with Crippen LogP contribution in [0.5, 0.6) is 5.75 Å². The minimum absolute atomic E-state index is 0.0178. The predicted molar refractivity (Wildman–Crippen MR) is 158 cm³/mol. The highest BCUT2D eigenvalue weighted by atomic mass is 16.3. The van der Waals surface area contributed by atoms with E-state index in [1.807, 2.05) is 67.6 Å². The van der Waals surface area contributed by atoms with Crippen molar-refractivity contribution >= 4 is 34.6 Å². The van der Waals surface area contributed by atoms with Gasteiger partial charge in [-0.2, -0.15) is 0 Å². The first-order chi connectivity index (χ1) is 17.8. The summed E-state index contributed by atoms with van der Waals surface area (Å²) in [5, 5.41) is 20.1. The van der Waals surface area contributed by atoms with E-state index in [1.54, 1.807) is 0 Å². The lowest BCUT2D eigenvalue weighted by Crippen LogP contribution is -2.18. The van der Waals surface area contributed by atoms with Gasteiger partial charge >= 0.3 is 0 Å². The van der Waals surface area contributed by atoms with E-state index in [1.165, 1.54) is 0 Å². The molecule has 38 heavy (non-hydrogen) atoms. The first-order valence-corrected chi connectivity index (χ1v) is 13.2. The van der Waals surface area contributed by atoms with Gasteiger partial charge in [0.1, 0.15) is 5.75 Å². The van der Waals surface area contributed by atoms with E-state index in [0.717, 1.165) is 39.4 Å². The fourth-order valence-corrected chi connectivity index (χ4v) is 4.15. The number of phenolic OH excluding ortho intramolecular Hbond substituents is 1. The van der Waals surface area contributed by atoms with Crippen LogP contribution < -0.4 is 16.0 Å². The number of rotatable bonds is 8. The van der Waals surface area contributed by atoms with Crippen LogP contribution in [0.15, 0.2) is 60.7 Å². The molecule has 0 aromatic heterocycles. The third-order valence-corrected chi connectivity index (χ3v) is 6.37. The monoisotopic (exact) mass is 515 g/mol. The second kappa shape index (κ2) is 11.7. The van der Waals surface area contributed by atoms with E-state index >= 15 is 0 Å². The highest BCUT2D eigenvalue weighted by Gasteiger charge is 2.26. The van der Waals surface area contributed by atoms with Gasteiger partial charge in [-0.15, -0.1) is 0 Å². The van der Waals surface area contributed by atoms with Gasteiger partial charge in [-0.3, -0.25) is 9.59 Å². The van der Waals surface area contributed by atoms with Crippen LogP contribution in [0.4, 0.5) is 22.7 Å². The first kappa shape index (κ1) is 28.8. The Hall–Kier alpha value is -3.80. The van der Waals surface area contributed by atoms with Crippen LogP contribution >= 0.6 is 0 Å². The summed E-state index contributed by atoms with van der Waals surface area (Å²) in [6.45, 7) is 14.4. The fraction of sp³-hybridized carbons (Fsp3) is 0.375. The molecule has 0 aliphatic heterocycles. The van der Waals surface area contributed by atoms with Gasteiger partial charge < -0.3 is 21.1 Å². The third kappa shape index (κ3) is 7.85. The first-order valence-electron chi connectivity index (χ1n) is 13.2. The Morgan fingerprint density at radius 1 is 0.684 bits per heavy atom. The minimum atomic E-state index is -0.203. The fourth-order valence-electron chi connectivity index (χ4n) is 4.15. The van der Waals surface area contributed by atoms with Gasteiger partial charge in [0, 0.05) is 35.6 Å². The average Bonchev–Trinajstić information content (AvgIpc) is 2.84. The molecular formula is C32H41N3O3. The van der Waals surface area contributed by atoms with Gasteiger partial charge in [0.05, 0.1) is 0 Å². The molecule has 3 aromatic rings. The molecule has 0 fully saturated rings. The second-order valence-electron chi connectivity index (χ2n) is 11.8. The van der Waals surface area contributed by atoms with Crippen molar-refractivity contribution < 1.29 is 14.7 Å². The van der Waals surface area contributed by atoms with Gasteiger partial charge in [-0.25, -0.2) is 0 Å². The number of benzene rings is 3.